The van der Waals surface area contributed by atoms with Gasteiger partial charge >= 0.3 is 0 Å². The van der Waals surface area contributed by atoms with Gasteiger partial charge in [0.15, 0.2) is 5.82 Å². The van der Waals surface area contributed by atoms with E-state index in [2.05, 4.69) is 4.98 Å². The van der Waals surface area contributed by atoms with Gasteiger partial charge in [-0.15, -0.1) is 4.85 Å². The summed E-state index contributed by atoms with van der Waals surface area (Å²) in [4.78, 5) is 10.5. The van der Waals surface area contributed by atoms with Crippen LogP contribution in [0.3, 0.4) is 0 Å². The lowest BCUT2D eigenvalue weighted by atomic mass is 10.5. The van der Waals surface area contributed by atoms with Crippen LogP contribution in [0.15, 0.2) is 18.6 Å². The summed E-state index contributed by atoms with van der Waals surface area (Å²) in [7, 11) is 0. The van der Waals surface area contributed by atoms with Gasteiger partial charge in [0, 0.05) is 0 Å². The van der Waals surface area contributed by atoms with Crippen molar-refractivity contribution in [3.8, 4) is 0 Å². The number of aliphatic hydroxyl groups excluding tert-OH is 1. The third kappa shape index (κ3) is 1.20. The van der Waals surface area contributed by atoms with Gasteiger partial charge in [-0.25, -0.2) is 9.50 Å². The number of nitrogens with two attached hydrogens (primary N) is 1. The third-order valence-electron chi connectivity index (χ3n) is 1.70. The van der Waals surface area contributed by atoms with E-state index in [0.29, 0.717) is 5.82 Å². The molecule has 0 spiro atoms. The third-order valence-corrected chi connectivity index (χ3v) is 1.70. The minimum absolute atomic E-state index is 0.0240. The van der Waals surface area contributed by atoms with Gasteiger partial charge in [-0.2, -0.15) is 0 Å². The standard InChI is InChI=1S/C7H10N4O2/c8-7-6-1-2-11(13-4-3-12)10(6)5-9-7/h1-2,5,12H,3-4,8H2. The van der Waals surface area contributed by atoms with E-state index in [1.54, 1.807) is 23.1 Å². The molecule has 0 bridgehead atoms. The molecule has 2 rings (SSSR count). The van der Waals surface area contributed by atoms with E-state index < -0.39 is 0 Å². The fourth-order valence-corrected chi connectivity index (χ4v) is 1.13. The summed E-state index contributed by atoms with van der Waals surface area (Å²) in [5.41, 5.74) is 6.36. The molecule has 0 radical (unpaired) electrons. The number of imidazole rings is 1. The molecule has 3 N–H and O–H groups in total. The molecule has 2 aromatic heterocycles. The molecule has 6 nitrogen and oxygen atoms in total. The number of rotatable bonds is 3. The van der Waals surface area contributed by atoms with Crippen LogP contribution in [0.25, 0.3) is 5.52 Å². The highest BCUT2D eigenvalue weighted by Gasteiger charge is 2.04. The highest BCUT2D eigenvalue weighted by molar-refractivity contribution is 5.64. The van der Waals surface area contributed by atoms with Gasteiger partial charge in [-0.05, 0) is 6.07 Å². The van der Waals surface area contributed by atoms with Gasteiger partial charge in [0.25, 0.3) is 0 Å². The predicted octanol–water partition coefficient (Wildman–Crippen LogP) is -0.861. The normalized spacial score (nSPS) is 10.8. The summed E-state index contributed by atoms with van der Waals surface area (Å²) < 4.78 is 1.66. The van der Waals surface area contributed by atoms with Gasteiger partial charge in [0.1, 0.15) is 18.5 Å². The average molecular weight is 182 g/mol. The van der Waals surface area contributed by atoms with Gasteiger partial charge in [-0.3, -0.25) is 0 Å². The summed E-state index contributed by atoms with van der Waals surface area (Å²) >= 11 is 0. The van der Waals surface area contributed by atoms with Gasteiger partial charge < -0.3 is 15.7 Å². The zero-order valence-corrected chi connectivity index (χ0v) is 6.92. The fraction of sp³-hybridized carbons (Fsp3) is 0.286. The van der Waals surface area contributed by atoms with E-state index in [9.17, 15) is 0 Å². The first-order valence-electron chi connectivity index (χ1n) is 3.87. The molecule has 6 heteroatoms. The molecule has 0 saturated heterocycles. The molecule has 2 heterocycles. The maximum absolute atomic E-state index is 8.55. The van der Waals surface area contributed by atoms with Crippen LogP contribution in [-0.2, 0) is 0 Å². The second-order valence-corrected chi connectivity index (χ2v) is 2.53. The first-order valence-corrected chi connectivity index (χ1v) is 3.87. The van der Waals surface area contributed by atoms with Crippen LogP contribution >= 0.6 is 0 Å². The maximum Gasteiger partial charge on any atom is 0.151 e. The molecular weight excluding hydrogens is 172 g/mol. The van der Waals surface area contributed by atoms with Crippen molar-refractivity contribution >= 4 is 11.3 Å². The number of fused-ring (bicyclic) bond motifs is 1. The van der Waals surface area contributed by atoms with Crippen LogP contribution in [0.2, 0.25) is 0 Å². The zero-order valence-electron chi connectivity index (χ0n) is 6.92. The Hall–Kier alpha value is -1.69. The van der Waals surface area contributed by atoms with E-state index in [-0.39, 0.29) is 13.2 Å². The molecule has 2 aromatic rings. The number of hydrogen-bond donors (Lipinski definition) is 2. The van der Waals surface area contributed by atoms with Crippen LogP contribution in [0.5, 0.6) is 0 Å². The van der Waals surface area contributed by atoms with Crippen molar-refractivity contribution in [3.05, 3.63) is 18.6 Å². The molecule has 0 aliphatic rings. The monoisotopic (exact) mass is 182 g/mol. The van der Waals surface area contributed by atoms with E-state index in [0.717, 1.165) is 5.52 Å². The van der Waals surface area contributed by atoms with Crippen LogP contribution < -0.4 is 10.6 Å². The molecule has 0 fully saturated rings. The van der Waals surface area contributed by atoms with Crippen molar-refractivity contribution in [1.82, 2.24) is 14.3 Å². The molecule has 0 amide bonds. The van der Waals surface area contributed by atoms with Crippen LogP contribution in [0, 0.1) is 0 Å². The summed E-state index contributed by atoms with van der Waals surface area (Å²) in [6.45, 7) is 0.214. The van der Waals surface area contributed by atoms with Crippen molar-refractivity contribution in [3.63, 3.8) is 0 Å². The topological polar surface area (TPSA) is 77.7 Å². The Morgan fingerprint density at radius 1 is 1.62 bits per heavy atom. The van der Waals surface area contributed by atoms with Crippen molar-refractivity contribution < 1.29 is 9.94 Å². The van der Waals surface area contributed by atoms with Gasteiger partial charge in [0.2, 0.25) is 0 Å². The quantitative estimate of drug-likeness (QED) is 0.647. The van der Waals surface area contributed by atoms with Gasteiger partial charge in [0.05, 0.1) is 12.8 Å². The first kappa shape index (κ1) is 7.93. The highest BCUT2D eigenvalue weighted by Crippen LogP contribution is 2.10. The molecule has 0 unspecified atom stereocenters. The van der Waals surface area contributed by atoms with E-state index >= 15 is 0 Å². The SMILES string of the molecule is Nc1ncn2c1ccn2OCCO. The molecular formula is C7H10N4O2. The summed E-state index contributed by atoms with van der Waals surface area (Å²) in [5, 5.41) is 8.55. The summed E-state index contributed by atoms with van der Waals surface area (Å²) in [5.74, 6) is 0.464. The number of anilines is 1. The Morgan fingerprint density at radius 3 is 3.23 bits per heavy atom. The minimum atomic E-state index is -0.0240. The second-order valence-electron chi connectivity index (χ2n) is 2.53. The Morgan fingerprint density at radius 2 is 2.46 bits per heavy atom. The van der Waals surface area contributed by atoms with Crippen LogP contribution in [-0.4, -0.2) is 32.7 Å². The lowest BCUT2D eigenvalue weighted by Gasteiger charge is -2.04. The molecule has 0 saturated carbocycles. The highest BCUT2D eigenvalue weighted by atomic mass is 16.7. The number of nitrogens with zero attached hydrogens (tertiary/aromatic N) is 3. The fourth-order valence-electron chi connectivity index (χ4n) is 1.13. The molecule has 0 aliphatic heterocycles. The predicted molar refractivity (Wildman–Crippen MR) is 46.1 cm³/mol. The van der Waals surface area contributed by atoms with E-state index in [1.807, 2.05) is 0 Å². The smallest absolute Gasteiger partial charge is 0.151 e. The second kappa shape index (κ2) is 2.98. The molecule has 0 aromatic carbocycles. The molecule has 13 heavy (non-hydrogen) atoms. The van der Waals surface area contributed by atoms with Crippen molar-refractivity contribution in [2.45, 2.75) is 0 Å². The molecule has 0 atom stereocenters. The molecule has 0 aliphatic carbocycles. The maximum atomic E-state index is 8.55. The number of aromatic nitrogens is 3. The summed E-state index contributed by atoms with van der Waals surface area (Å²) in [6, 6.07) is 1.79. The summed E-state index contributed by atoms with van der Waals surface area (Å²) in [6.07, 6.45) is 3.27. The molecule has 70 valence electrons. The van der Waals surface area contributed by atoms with Crippen LogP contribution in [0.1, 0.15) is 0 Å². The Kier molecular flexibility index (Phi) is 1.82. The minimum Gasteiger partial charge on any atom is -0.396 e. The Bertz CT molecular complexity index is 405. The first-order chi connectivity index (χ1) is 6.33. The van der Waals surface area contributed by atoms with Crippen molar-refractivity contribution in [2.75, 3.05) is 18.9 Å². The van der Waals surface area contributed by atoms with Crippen molar-refractivity contribution in [2.24, 2.45) is 0 Å². The average Bonchev–Trinajstić information content (AvgIpc) is 2.67. The Labute approximate surface area is 74.1 Å². The lowest BCUT2D eigenvalue weighted by molar-refractivity contribution is 0.0473. The van der Waals surface area contributed by atoms with Crippen LogP contribution in [0.4, 0.5) is 5.82 Å². The van der Waals surface area contributed by atoms with E-state index in [1.165, 1.54) is 4.85 Å². The number of aliphatic hydroxyl groups is 1. The Balaban J connectivity index is 2.35. The number of hydrogen-bond acceptors (Lipinski definition) is 4. The van der Waals surface area contributed by atoms with Gasteiger partial charge in [-0.1, -0.05) is 0 Å². The van der Waals surface area contributed by atoms with E-state index in [4.69, 9.17) is 15.7 Å². The van der Waals surface area contributed by atoms with Crippen molar-refractivity contribution in [1.29, 1.82) is 0 Å². The number of nitrogen functional groups attached to an aromatic ring is 1. The zero-order chi connectivity index (χ0) is 9.26. The lowest BCUT2D eigenvalue weighted by Crippen LogP contribution is -2.18. The largest absolute Gasteiger partial charge is 0.396 e.